The number of carboxylic acid groups (broad SMARTS) is 1. The van der Waals surface area contributed by atoms with Gasteiger partial charge < -0.3 is 20.1 Å². The first kappa shape index (κ1) is 27.4. The van der Waals surface area contributed by atoms with Crippen molar-refractivity contribution in [3.63, 3.8) is 0 Å². The van der Waals surface area contributed by atoms with Gasteiger partial charge in [0.1, 0.15) is 5.82 Å². The number of carbonyl (C=O) groups is 2. The molecule has 1 unspecified atom stereocenters. The lowest BCUT2D eigenvalue weighted by atomic mass is 9.82. The standard InChI is InChI=1S/C27H30ClFN2O5/c1-16(2)10-20-13-24(36-31-20)25(33)30-21(14-27(3,15-32)26(34)35)11-17-4-6-18(7-5-17)22-12-19(28)8-9-23(22)29/h4-9,12-13,16,21,32H,10-11,14-15H2,1-3H3,(H,30,33)(H,34,35)/t21-,27?/m1/s1. The molecule has 2 atom stereocenters. The Morgan fingerprint density at radius 3 is 2.44 bits per heavy atom. The summed E-state index contributed by atoms with van der Waals surface area (Å²) in [4.78, 5) is 24.7. The van der Waals surface area contributed by atoms with Crippen LogP contribution in [0.25, 0.3) is 11.1 Å². The molecule has 3 rings (SSSR count). The Hall–Kier alpha value is -3.23. The average Bonchev–Trinajstić information content (AvgIpc) is 3.29. The smallest absolute Gasteiger partial charge is 0.311 e. The number of nitrogens with one attached hydrogen (secondary N) is 1. The second-order valence-electron chi connectivity index (χ2n) is 9.70. The third kappa shape index (κ3) is 6.92. The molecule has 1 heterocycles. The molecule has 0 aliphatic rings. The molecule has 1 amide bonds. The second-order valence-corrected chi connectivity index (χ2v) is 10.1. The van der Waals surface area contributed by atoms with Gasteiger partial charge in [-0.3, -0.25) is 9.59 Å². The summed E-state index contributed by atoms with van der Waals surface area (Å²) in [5.74, 6) is -1.73. The van der Waals surface area contributed by atoms with Crippen molar-refractivity contribution in [2.24, 2.45) is 11.3 Å². The van der Waals surface area contributed by atoms with Crippen LogP contribution >= 0.6 is 11.6 Å². The maximum absolute atomic E-state index is 14.2. The fourth-order valence-corrected chi connectivity index (χ4v) is 4.12. The number of carboxylic acids is 1. The lowest BCUT2D eigenvalue weighted by molar-refractivity contribution is -0.151. The first-order valence-electron chi connectivity index (χ1n) is 11.7. The van der Waals surface area contributed by atoms with Crippen LogP contribution in [0.2, 0.25) is 5.02 Å². The summed E-state index contributed by atoms with van der Waals surface area (Å²) < 4.78 is 19.4. The molecule has 1 aromatic heterocycles. The van der Waals surface area contributed by atoms with E-state index >= 15 is 0 Å². The minimum Gasteiger partial charge on any atom is -0.481 e. The van der Waals surface area contributed by atoms with Crippen LogP contribution in [0.5, 0.6) is 0 Å². The molecule has 0 bridgehead atoms. The number of nitrogens with zero attached hydrogens (tertiary/aromatic N) is 1. The van der Waals surface area contributed by atoms with E-state index in [0.717, 1.165) is 5.56 Å². The van der Waals surface area contributed by atoms with Gasteiger partial charge in [-0.15, -0.1) is 0 Å². The van der Waals surface area contributed by atoms with E-state index in [9.17, 15) is 24.2 Å². The lowest BCUT2D eigenvalue weighted by Gasteiger charge is -2.28. The minimum absolute atomic E-state index is 0.0256. The van der Waals surface area contributed by atoms with Crippen molar-refractivity contribution in [2.75, 3.05) is 6.61 Å². The van der Waals surface area contributed by atoms with Gasteiger partial charge in [-0.1, -0.05) is 54.9 Å². The fourth-order valence-electron chi connectivity index (χ4n) is 3.95. The normalized spacial score (nSPS) is 13.9. The molecule has 0 aliphatic carbocycles. The van der Waals surface area contributed by atoms with Gasteiger partial charge in [-0.25, -0.2) is 4.39 Å². The number of benzene rings is 2. The molecule has 9 heteroatoms. The van der Waals surface area contributed by atoms with Gasteiger partial charge in [0.2, 0.25) is 5.76 Å². The van der Waals surface area contributed by atoms with Gasteiger partial charge in [0.15, 0.2) is 0 Å². The van der Waals surface area contributed by atoms with Crippen LogP contribution in [0.3, 0.4) is 0 Å². The van der Waals surface area contributed by atoms with Crippen molar-refractivity contribution in [3.8, 4) is 11.1 Å². The summed E-state index contributed by atoms with van der Waals surface area (Å²) in [7, 11) is 0. The van der Waals surface area contributed by atoms with Gasteiger partial charge in [0, 0.05) is 22.7 Å². The maximum Gasteiger partial charge on any atom is 0.311 e. The fraction of sp³-hybridized carbons (Fsp3) is 0.370. The quantitative estimate of drug-likeness (QED) is 0.325. The second kappa shape index (κ2) is 11.7. The zero-order valence-electron chi connectivity index (χ0n) is 20.4. The number of aliphatic hydroxyl groups excluding tert-OH is 1. The highest BCUT2D eigenvalue weighted by atomic mass is 35.5. The van der Waals surface area contributed by atoms with Crippen molar-refractivity contribution >= 4 is 23.5 Å². The van der Waals surface area contributed by atoms with Gasteiger partial charge >= 0.3 is 5.97 Å². The largest absolute Gasteiger partial charge is 0.481 e. The number of halogens is 2. The predicted octanol–water partition coefficient (Wildman–Crippen LogP) is 5.15. The Morgan fingerprint density at radius 1 is 1.14 bits per heavy atom. The first-order valence-corrected chi connectivity index (χ1v) is 12.0. The van der Waals surface area contributed by atoms with E-state index < -0.39 is 35.8 Å². The van der Waals surface area contributed by atoms with Gasteiger partial charge in [-0.2, -0.15) is 0 Å². The molecule has 36 heavy (non-hydrogen) atoms. The van der Waals surface area contributed by atoms with Crippen LogP contribution in [0.4, 0.5) is 4.39 Å². The number of amides is 1. The SMILES string of the molecule is CC(C)Cc1cc(C(=O)N[C@H](Cc2ccc(-c3cc(Cl)ccc3F)cc2)CC(C)(CO)C(=O)O)on1. The van der Waals surface area contributed by atoms with Crippen LogP contribution < -0.4 is 5.32 Å². The van der Waals surface area contributed by atoms with Crippen LogP contribution in [0.15, 0.2) is 53.1 Å². The Balaban J connectivity index is 1.82. The van der Waals surface area contributed by atoms with Crippen molar-refractivity contribution in [1.29, 1.82) is 0 Å². The molecular weight excluding hydrogens is 487 g/mol. The van der Waals surface area contributed by atoms with E-state index in [1.165, 1.54) is 19.1 Å². The number of aromatic nitrogens is 1. The molecule has 0 spiro atoms. The van der Waals surface area contributed by atoms with E-state index in [1.807, 2.05) is 13.8 Å². The Bertz CT molecular complexity index is 1210. The summed E-state index contributed by atoms with van der Waals surface area (Å²) >= 11 is 6.01. The molecule has 7 nitrogen and oxygen atoms in total. The molecular formula is C27H30ClFN2O5. The monoisotopic (exact) mass is 516 g/mol. The van der Waals surface area contributed by atoms with E-state index in [1.54, 1.807) is 36.4 Å². The van der Waals surface area contributed by atoms with Gasteiger partial charge in [0.25, 0.3) is 5.91 Å². The topological polar surface area (TPSA) is 113 Å². The van der Waals surface area contributed by atoms with Crippen LogP contribution in [0.1, 0.15) is 49.0 Å². The van der Waals surface area contributed by atoms with Crippen LogP contribution in [0, 0.1) is 17.2 Å². The summed E-state index contributed by atoms with van der Waals surface area (Å²) in [6.07, 6.45) is 0.906. The van der Waals surface area contributed by atoms with Gasteiger partial charge in [-0.05, 0) is 61.4 Å². The summed E-state index contributed by atoms with van der Waals surface area (Å²) in [5.41, 5.74) is 0.965. The van der Waals surface area contributed by atoms with Crippen molar-refractivity contribution in [3.05, 3.63) is 76.4 Å². The van der Waals surface area contributed by atoms with E-state index in [2.05, 4.69) is 10.5 Å². The van der Waals surface area contributed by atoms with E-state index in [0.29, 0.717) is 34.2 Å². The number of hydrogen-bond acceptors (Lipinski definition) is 5. The Labute approximate surface area is 214 Å². The molecule has 0 fully saturated rings. The molecule has 2 aromatic carbocycles. The van der Waals surface area contributed by atoms with Crippen molar-refractivity contribution in [2.45, 2.75) is 46.1 Å². The zero-order valence-corrected chi connectivity index (χ0v) is 21.2. The molecule has 0 saturated heterocycles. The van der Waals surface area contributed by atoms with E-state index in [4.69, 9.17) is 16.1 Å². The molecule has 0 radical (unpaired) electrons. The number of hydrogen-bond donors (Lipinski definition) is 3. The number of aliphatic carboxylic acids is 1. The van der Waals surface area contributed by atoms with Crippen molar-refractivity contribution in [1.82, 2.24) is 10.5 Å². The minimum atomic E-state index is -1.47. The molecule has 0 saturated carbocycles. The number of aliphatic hydroxyl groups is 1. The zero-order chi connectivity index (χ0) is 26.5. The van der Waals surface area contributed by atoms with Crippen LogP contribution in [-0.4, -0.2) is 39.9 Å². The maximum atomic E-state index is 14.2. The summed E-state index contributed by atoms with van der Waals surface area (Å²) in [5, 5.41) is 26.6. The first-order chi connectivity index (χ1) is 17.0. The molecule has 0 aliphatic heterocycles. The number of carbonyl (C=O) groups excluding carboxylic acids is 1. The van der Waals surface area contributed by atoms with E-state index in [-0.39, 0.29) is 18.6 Å². The predicted molar refractivity (Wildman–Crippen MR) is 134 cm³/mol. The highest BCUT2D eigenvalue weighted by molar-refractivity contribution is 6.30. The average molecular weight is 517 g/mol. The summed E-state index contributed by atoms with van der Waals surface area (Å²) in [6.45, 7) is 4.88. The Morgan fingerprint density at radius 2 is 1.83 bits per heavy atom. The van der Waals surface area contributed by atoms with Crippen molar-refractivity contribution < 1.29 is 28.7 Å². The highest BCUT2D eigenvalue weighted by Crippen LogP contribution is 2.28. The van der Waals surface area contributed by atoms with Gasteiger partial charge in [0.05, 0.1) is 17.7 Å². The Kier molecular flexibility index (Phi) is 8.87. The molecule has 192 valence electrons. The number of rotatable bonds is 11. The van der Waals surface area contributed by atoms with Crippen LogP contribution in [-0.2, 0) is 17.6 Å². The molecule has 3 aromatic rings. The third-order valence-corrected chi connectivity index (χ3v) is 6.21. The highest BCUT2D eigenvalue weighted by Gasteiger charge is 2.36. The summed E-state index contributed by atoms with van der Waals surface area (Å²) in [6, 6.07) is 12.3. The lowest BCUT2D eigenvalue weighted by Crippen LogP contribution is -2.44. The third-order valence-electron chi connectivity index (χ3n) is 5.97. The molecule has 3 N–H and O–H groups in total.